The number of fused-ring (bicyclic) bond motifs is 1. The number of rotatable bonds is 11. The van der Waals surface area contributed by atoms with E-state index in [0.717, 1.165) is 6.42 Å². The third kappa shape index (κ3) is 4.44. The van der Waals surface area contributed by atoms with Crippen LogP contribution in [0.4, 0.5) is 0 Å². The summed E-state index contributed by atoms with van der Waals surface area (Å²) < 4.78 is 12.2. The van der Waals surface area contributed by atoms with Crippen molar-refractivity contribution in [1.82, 2.24) is 9.80 Å². The summed E-state index contributed by atoms with van der Waals surface area (Å²) in [4.78, 5) is 44.8. The first-order valence-electron chi connectivity index (χ1n) is 12.8. The molecule has 1 N–H and O–H groups in total. The number of carbonyl (C=O) groups is 3. The van der Waals surface area contributed by atoms with Gasteiger partial charge >= 0.3 is 5.97 Å². The molecule has 3 aliphatic heterocycles. The van der Waals surface area contributed by atoms with Crippen molar-refractivity contribution in [1.29, 1.82) is 0 Å². The Hall–Kier alpha value is -2.19. The molecule has 35 heavy (non-hydrogen) atoms. The predicted octanol–water partition coefficient (Wildman–Crippen LogP) is 2.84. The molecule has 1 spiro atoms. The van der Waals surface area contributed by atoms with Gasteiger partial charge in [0.15, 0.2) is 0 Å². The first-order valence-corrected chi connectivity index (χ1v) is 12.8. The van der Waals surface area contributed by atoms with E-state index in [4.69, 9.17) is 9.47 Å². The Morgan fingerprint density at radius 2 is 2.00 bits per heavy atom. The van der Waals surface area contributed by atoms with Gasteiger partial charge in [0.05, 0.1) is 30.8 Å². The number of nitrogens with zero attached hydrogens (tertiary/aromatic N) is 2. The maximum absolute atomic E-state index is 14.2. The molecular weight excluding hydrogens is 448 g/mol. The van der Waals surface area contributed by atoms with E-state index in [0.29, 0.717) is 32.2 Å². The average molecular weight is 491 g/mol. The van der Waals surface area contributed by atoms with Crippen molar-refractivity contribution in [3.8, 4) is 0 Å². The zero-order chi connectivity index (χ0) is 26.2. The fraction of sp³-hybridized carbons (Fsp3) is 0.741. The molecule has 3 heterocycles. The van der Waals surface area contributed by atoms with Gasteiger partial charge < -0.3 is 24.4 Å². The number of aliphatic hydroxyl groups is 1. The van der Waals surface area contributed by atoms with Gasteiger partial charge in [-0.05, 0) is 59.8 Å². The van der Waals surface area contributed by atoms with Crippen molar-refractivity contribution in [3.63, 3.8) is 0 Å². The number of carbonyl (C=O) groups excluding carboxylic acids is 3. The van der Waals surface area contributed by atoms with Crippen LogP contribution in [0.15, 0.2) is 25.3 Å². The number of amides is 2. The topological polar surface area (TPSA) is 96.4 Å². The van der Waals surface area contributed by atoms with Crippen molar-refractivity contribution in [3.05, 3.63) is 25.3 Å². The lowest BCUT2D eigenvalue weighted by Crippen LogP contribution is -2.61. The van der Waals surface area contributed by atoms with Crippen LogP contribution >= 0.6 is 0 Å². The molecule has 8 nitrogen and oxygen atoms in total. The van der Waals surface area contributed by atoms with Crippen LogP contribution in [0.5, 0.6) is 0 Å². The lowest BCUT2D eigenvalue weighted by molar-refractivity contribution is -0.163. The highest BCUT2D eigenvalue weighted by atomic mass is 16.6. The minimum atomic E-state index is -1.14. The zero-order valence-electron chi connectivity index (χ0n) is 21.9. The van der Waals surface area contributed by atoms with Crippen molar-refractivity contribution in [2.24, 2.45) is 11.8 Å². The molecule has 196 valence electrons. The smallest absolute Gasteiger partial charge is 0.312 e. The summed E-state index contributed by atoms with van der Waals surface area (Å²) in [5.41, 5.74) is -2.55. The van der Waals surface area contributed by atoms with Crippen LogP contribution in [-0.4, -0.2) is 81.3 Å². The fourth-order valence-corrected chi connectivity index (χ4v) is 6.27. The molecule has 3 fully saturated rings. The largest absolute Gasteiger partial charge is 0.465 e. The summed E-state index contributed by atoms with van der Waals surface area (Å²) in [5.74, 6) is -2.64. The van der Waals surface area contributed by atoms with E-state index in [-0.39, 0.29) is 25.0 Å². The van der Waals surface area contributed by atoms with Gasteiger partial charge in [-0.2, -0.15) is 0 Å². The van der Waals surface area contributed by atoms with E-state index in [1.165, 1.54) is 4.90 Å². The first kappa shape index (κ1) is 27.4. The number of aliphatic hydroxyl groups excluding tert-OH is 1. The van der Waals surface area contributed by atoms with Crippen LogP contribution in [0, 0.1) is 11.8 Å². The zero-order valence-corrected chi connectivity index (χ0v) is 21.9. The van der Waals surface area contributed by atoms with Crippen LogP contribution in [-0.2, 0) is 23.9 Å². The summed E-state index contributed by atoms with van der Waals surface area (Å²) in [6.07, 6.45) is 6.32. The molecule has 0 radical (unpaired) electrons. The van der Waals surface area contributed by atoms with E-state index < -0.39 is 46.6 Å². The Kier molecular flexibility index (Phi) is 7.87. The number of hydrogen-bond acceptors (Lipinski definition) is 6. The Bertz CT molecular complexity index is 862. The van der Waals surface area contributed by atoms with Crippen LogP contribution in [0.3, 0.4) is 0 Å². The van der Waals surface area contributed by atoms with Gasteiger partial charge in [-0.15, -0.1) is 13.2 Å². The molecule has 2 unspecified atom stereocenters. The number of esters is 1. The number of ether oxygens (including phenoxy) is 2. The van der Waals surface area contributed by atoms with Gasteiger partial charge in [-0.1, -0.05) is 19.1 Å². The number of unbranched alkanes of at least 4 members (excludes halogenated alkanes) is 1. The fourth-order valence-electron chi connectivity index (χ4n) is 6.27. The SMILES string of the molecule is C=CCCCOC(=O)[C@@H]1[C@H]2C(=O)N([C@@H](CC)CO)C(C(=O)N(CC=C)C(C)(C)C)C23CC[C@@]1(C)O3. The van der Waals surface area contributed by atoms with E-state index >= 15 is 0 Å². The summed E-state index contributed by atoms with van der Waals surface area (Å²) >= 11 is 0. The molecule has 2 bridgehead atoms. The van der Waals surface area contributed by atoms with Crippen LogP contribution in [0.1, 0.15) is 66.7 Å². The summed E-state index contributed by atoms with van der Waals surface area (Å²) in [6, 6.07) is -1.49. The first-order chi connectivity index (χ1) is 16.4. The minimum Gasteiger partial charge on any atom is -0.465 e. The van der Waals surface area contributed by atoms with Gasteiger partial charge in [0.25, 0.3) is 0 Å². The Balaban J connectivity index is 2.06. The summed E-state index contributed by atoms with van der Waals surface area (Å²) in [7, 11) is 0. The predicted molar refractivity (Wildman–Crippen MR) is 132 cm³/mol. The molecular formula is C27H42N2O6. The molecule has 0 saturated carbocycles. The molecule has 3 aliphatic rings. The van der Waals surface area contributed by atoms with Crippen LogP contribution in [0.25, 0.3) is 0 Å². The lowest BCUT2D eigenvalue weighted by Gasteiger charge is -2.43. The van der Waals surface area contributed by atoms with Gasteiger partial charge in [0, 0.05) is 12.1 Å². The highest BCUT2D eigenvalue weighted by Gasteiger charge is 2.79. The number of allylic oxidation sites excluding steroid dienone is 1. The molecule has 0 aromatic rings. The van der Waals surface area contributed by atoms with Crippen molar-refractivity contribution >= 4 is 17.8 Å². The minimum absolute atomic E-state index is 0.239. The highest BCUT2D eigenvalue weighted by molar-refractivity contribution is 5.99. The van der Waals surface area contributed by atoms with Crippen molar-refractivity contribution in [2.75, 3.05) is 19.8 Å². The quantitative estimate of drug-likeness (QED) is 0.272. The average Bonchev–Trinajstić information content (AvgIpc) is 3.36. The molecule has 8 heteroatoms. The second-order valence-corrected chi connectivity index (χ2v) is 11.2. The second-order valence-electron chi connectivity index (χ2n) is 11.2. The number of likely N-dealkylation sites (tertiary alicyclic amines) is 1. The van der Waals surface area contributed by atoms with E-state index in [1.807, 2.05) is 34.6 Å². The van der Waals surface area contributed by atoms with E-state index in [9.17, 15) is 19.5 Å². The maximum Gasteiger partial charge on any atom is 0.312 e. The normalized spacial score (nSPS) is 32.3. The number of hydrogen-bond donors (Lipinski definition) is 1. The van der Waals surface area contributed by atoms with Gasteiger partial charge in [0.1, 0.15) is 17.6 Å². The van der Waals surface area contributed by atoms with Gasteiger partial charge in [0.2, 0.25) is 11.8 Å². The third-order valence-corrected chi connectivity index (χ3v) is 7.96. The third-order valence-electron chi connectivity index (χ3n) is 7.96. The van der Waals surface area contributed by atoms with E-state index in [1.54, 1.807) is 17.1 Å². The monoisotopic (exact) mass is 490 g/mol. The van der Waals surface area contributed by atoms with Gasteiger partial charge in [-0.25, -0.2) is 0 Å². The highest BCUT2D eigenvalue weighted by Crippen LogP contribution is 2.63. The van der Waals surface area contributed by atoms with Gasteiger partial charge in [-0.3, -0.25) is 14.4 Å². The van der Waals surface area contributed by atoms with Crippen molar-refractivity contribution < 1.29 is 29.0 Å². The Labute approximate surface area is 209 Å². The standard InChI is InChI=1S/C27H42N2O6/c1-8-11-12-16-34-24(33)20-19-22(31)29(18(10-3)17-30)21(27(19)14-13-26(20,7)35-27)23(32)28(15-9-2)25(4,5)6/h8-9,18-21,30H,1-2,10-17H2,3-7H3/t18-,19-,20-,21?,26+,27?/m0/s1. The van der Waals surface area contributed by atoms with Crippen LogP contribution in [0.2, 0.25) is 0 Å². The molecule has 6 atom stereocenters. The van der Waals surface area contributed by atoms with Crippen LogP contribution < -0.4 is 0 Å². The lowest BCUT2D eigenvalue weighted by atomic mass is 9.66. The van der Waals surface area contributed by atoms with E-state index in [2.05, 4.69) is 13.2 Å². The summed E-state index contributed by atoms with van der Waals surface area (Å²) in [5, 5.41) is 10.2. The second kappa shape index (κ2) is 10.1. The van der Waals surface area contributed by atoms with Crippen molar-refractivity contribution in [2.45, 2.75) is 95.5 Å². The molecule has 2 amide bonds. The molecule has 0 aliphatic carbocycles. The maximum atomic E-state index is 14.2. The molecule has 0 aromatic carbocycles. The molecule has 3 saturated heterocycles. The molecule has 3 rings (SSSR count). The Morgan fingerprint density at radius 3 is 2.54 bits per heavy atom. The molecule has 0 aromatic heterocycles. The Morgan fingerprint density at radius 1 is 1.31 bits per heavy atom. The summed E-state index contributed by atoms with van der Waals surface area (Å²) in [6.45, 7) is 17.3.